The highest BCUT2D eigenvalue weighted by atomic mass is 16.6. The molecular weight excluding hydrogens is 566 g/mol. The van der Waals surface area contributed by atoms with Crippen LogP contribution in [0.2, 0.25) is 0 Å². The van der Waals surface area contributed by atoms with Gasteiger partial charge >= 0.3 is 18.0 Å². The van der Waals surface area contributed by atoms with Crippen molar-refractivity contribution in [1.29, 1.82) is 0 Å². The molecule has 2 aromatic heterocycles. The predicted molar refractivity (Wildman–Crippen MR) is 162 cm³/mol. The average Bonchev–Trinajstić information content (AvgIpc) is 3.31. The molecule has 11 heteroatoms. The van der Waals surface area contributed by atoms with Gasteiger partial charge in [-0.15, -0.1) is 0 Å². The number of alkyl carbamates (subject to hydrolysis) is 1. The number of fused-ring (bicyclic) bond motifs is 5. The van der Waals surface area contributed by atoms with Crippen molar-refractivity contribution in [1.82, 2.24) is 14.9 Å². The van der Waals surface area contributed by atoms with Crippen molar-refractivity contribution in [2.75, 3.05) is 0 Å². The Morgan fingerprint density at radius 2 is 1.89 bits per heavy atom. The Balaban J connectivity index is 1.51. The second-order valence-corrected chi connectivity index (χ2v) is 12.8. The van der Waals surface area contributed by atoms with E-state index in [0.717, 1.165) is 16.5 Å². The molecule has 0 radical (unpaired) electrons. The first-order valence-electron chi connectivity index (χ1n) is 15.0. The Morgan fingerprint density at radius 1 is 1.16 bits per heavy atom. The molecule has 0 saturated heterocycles. The average molecular weight is 606 g/mol. The van der Waals surface area contributed by atoms with E-state index >= 15 is 0 Å². The normalized spacial score (nSPS) is 17.9. The van der Waals surface area contributed by atoms with Gasteiger partial charge in [0.15, 0.2) is 5.60 Å². The van der Waals surface area contributed by atoms with E-state index in [4.69, 9.17) is 19.2 Å². The highest BCUT2D eigenvalue weighted by Gasteiger charge is 2.45. The van der Waals surface area contributed by atoms with Crippen LogP contribution in [-0.4, -0.2) is 44.3 Å². The van der Waals surface area contributed by atoms with Crippen molar-refractivity contribution in [3.63, 3.8) is 0 Å². The van der Waals surface area contributed by atoms with Crippen LogP contribution >= 0.6 is 0 Å². The number of ether oxygens (including phenoxy) is 3. The number of hydrogen-bond donors (Lipinski definition) is 2. The number of nitrogens with one attached hydrogen (secondary N) is 1. The molecule has 234 valence electrons. The Labute approximate surface area is 255 Å². The SMILES string of the molecule is CCc1c2c(nc3ccc(OC(=O)[C@H](CC(C)C)NC(=O)OC(C)(C)C)cc13)-c1cc3c(c(=O)n1C2)COC(=O)[C@]3(O)CC. The number of cyclic esters (lactones) is 1. The molecule has 2 atom stereocenters. The molecular formula is C33H39N3O8. The monoisotopic (exact) mass is 605 g/mol. The molecule has 1 amide bonds. The number of pyridine rings is 2. The molecule has 0 aliphatic carbocycles. The lowest BCUT2D eigenvalue weighted by Gasteiger charge is -2.31. The van der Waals surface area contributed by atoms with E-state index in [1.54, 1.807) is 56.5 Å². The second-order valence-electron chi connectivity index (χ2n) is 12.8. The first-order chi connectivity index (χ1) is 20.7. The van der Waals surface area contributed by atoms with E-state index in [9.17, 15) is 24.3 Å². The lowest BCUT2D eigenvalue weighted by Crippen LogP contribution is -2.45. The summed E-state index contributed by atoms with van der Waals surface area (Å²) in [5.74, 6) is -0.979. The van der Waals surface area contributed by atoms with Gasteiger partial charge in [0.1, 0.15) is 24.0 Å². The maximum Gasteiger partial charge on any atom is 0.408 e. The summed E-state index contributed by atoms with van der Waals surface area (Å²) in [4.78, 5) is 56.6. The van der Waals surface area contributed by atoms with Crippen molar-refractivity contribution in [2.45, 2.75) is 98.1 Å². The molecule has 2 N–H and O–H groups in total. The van der Waals surface area contributed by atoms with Crippen LogP contribution in [-0.2, 0) is 44.2 Å². The number of aryl methyl sites for hydroxylation is 1. The van der Waals surface area contributed by atoms with E-state index in [0.29, 0.717) is 35.5 Å². The first-order valence-corrected chi connectivity index (χ1v) is 15.0. The summed E-state index contributed by atoms with van der Waals surface area (Å²) in [6, 6.07) is 5.91. The van der Waals surface area contributed by atoms with Gasteiger partial charge < -0.3 is 29.2 Å². The number of aliphatic hydroxyl groups is 1. The molecule has 1 aromatic carbocycles. The van der Waals surface area contributed by atoms with Crippen LogP contribution in [0.1, 0.15) is 83.6 Å². The maximum atomic E-state index is 13.6. The highest BCUT2D eigenvalue weighted by Crippen LogP contribution is 2.40. The standard InChI is InChI=1S/C33H39N3O8/c1-8-19-20-13-18(43-29(38)25(12-17(3)4)35-31(40)44-32(5,6)7)10-11-24(20)34-27-21(19)15-36-26(27)14-23-22(28(36)37)16-42-30(39)33(23,41)9-2/h10-11,13-14,17,25,41H,8-9,12,15-16H2,1-7H3,(H,35,40)/t25-,33-/m0/s1. The minimum Gasteiger partial charge on any atom is -0.458 e. The van der Waals surface area contributed by atoms with Crippen molar-refractivity contribution in [3.05, 3.63) is 56.9 Å². The maximum absolute atomic E-state index is 13.6. The highest BCUT2D eigenvalue weighted by molar-refractivity contribution is 5.91. The number of aromatic nitrogens is 2. The molecule has 2 aliphatic rings. The number of hydrogen-bond acceptors (Lipinski definition) is 9. The minimum atomic E-state index is -1.90. The molecule has 5 rings (SSSR count). The summed E-state index contributed by atoms with van der Waals surface area (Å²) in [5, 5.41) is 14.6. The smallest absolute Gasteiger partial charge is 0.408 e. The lowest BCUT2D eigenvalue weighted by atomic mass is 9.86. The molecule has 4 heterocycles. The van der Waals surface area contributed by atoms with E-state index in [2.05, 4.69) is 5.32 Å². The first kappa shape index (κ1) is 31.2. The summed E-state index contributed by atoms with van der Waals surface area (Å²) in [6.45, 7) is 12.9. The fourth-order valence-electron chi connectivity index (χ4n) is 5.93. The summed E-state index contributed by atoms with van der Waals surface area (Å²) < 4.78 is 17.9. The van der Waals surface area contributed by atoms with Gasteiger partial charge in [-0.2, -0.15) is 0 Å². The zero-order valence-corrected chi connectivity index (χ0v) is 26.2. The number of nitrogens with zero attached hydrogens (tertiary/aromatic N) is 2. The fourth-order valence-corrected chi connectivity index (χ4v) is 5.93. The van der Waals surface area contributed by atoms with Crippen LogP contribution in [0.15, 0.2) is 29.1 Å². The van der Waals surface area contributed by atoms with Crippen LogP contribution < -0.4 is 15.6 Å². The Kier molecular flexibility index (Phi) is 8.04. The second kappa shape index (κ2) is 11.4. The number of amides is 1. The number of rotatable bonds is 7. The molecule has 0 saturated carbocycles. The van der Waals surface area contributed by atoms with Crippen molar-refractivity contribution in [3.8, 4) is 17.1 Å². The molecule has 3 aromatic rings. The largest absolute Gasteiger partial charge is 0.458 e. The lowest BCUT2D eigenvalue weighted by molar-refractivity contribution is -0.172. The minimum absolute atomic E-state index is 0.0623. The van der Waals surface area contributed by atoms with Gasteiger partial charge in [0, 0.05) is 16.5 Å². The topological polar surface area (TPSA) is 146 Å². The van der Waals surface area contributed by atoms with Crippen LogP contribution in [0.25, 0.3) is 22.3 Å². The van der Waals surface area contributed by atoms with Crippen molar-refractivity contribution < 1.29 is 33.7 Å². The van der Waals surface area contributed by atoms with Gasteiger partial charge in [0.05, 0.1) is 29.0 Å². The summed E-state index contributed by atoms with van der Waals surface area (Å²) in [6.07, 6.45) is 0.336. The third-order valence-corrected chi connectivity index (χ3v) is 8.03. The zero-order valence-electron chi connectivity index (χ0n) is 26.2. The molecule has 0 bridgehead atoms. The number of carbonyl (C=O) groups excluding carboxylic acids is 3. The van der Waals surface area contributed by atoms with Gasteiger partial charge in [-0.1, -0.05) is 27.7 Å². The number of esters is 2. The van der Waals surface area contributed by atoms with Crippen LogP contribution in [0.5, 0.6) is 5.75 Å². The van der Waals surface area contributed by atoms with Gasteiger partial charge in [0.2, 0.25) is 0 Å². The van der Waals surface area contributed by atoms with Crippen LogP contribution in [0.4, 0.5) is 4.79 Å². The van der Waals surface area contributed by atoms with E-state index < -0.39 is 35.3 Å². The van der Waals surface area contributed by atoms with Gasteiger partial charge in [0.25, 0.3) is 5.56 Å². The summed E-state index contributed by atoms with van der Waals surface area (Å²) in [7, 11) is 0. The molecule has 11 nitrogen and oxygen atoms in total. The molecule has 0 unspecified atom stereocenters. The molecule has 0 fully saturated rings. The van der Waals surface area contributed by atoms with Crippen LogP contribution in [0.3, 0.4) is 0 Å². The van der Waals surface area contributed by atoms with Crippen molar-refractivity contribution in [2.24, 2.45) is 5.92 Å². The Bertz CT molecular complexity index is 1740. The number of carbonyl (C=O) groups is 3. The zero-order chi connectivity index (χ0) is 32.1. The Hall–Kier alpha value is -4.25. The molecule has 44 heavy (non-hydrogen) atoms. The third kappa shape index (κ3) is 5.56. The van der Waals surface area contributed by atoms with Crippen molar-refractivity contribution >= 4 is 28.9 Å². The predicted octanol–water partition coefficient (Wildman–Crippen LogP) is 4.49. The van der Waals surface area contributed by atoms with E-state index in [1.165, 1.54) is 0 Å². The molecule has 2 aliphatic heterocycles. The van der Waals surface area contributed by atoms with E-state index in [1.807, 2.05) is 20.8 Å². The van der Waals surface area contributed by atoms with Gasteiger partial charge in [-0.25, -0.2) is 19.4 Å². The molecule has 0 spiro atoms. The number of benzene rings is 1. The Morgan fingerprint density at radius 3 is 2.52 bits per heavy atom. The quantitative estimate of drug-likeness (QED) is 0.230. The van der Waals surface area contributed by atoms with Crippen LogP contribution in [0, 0.1) is 5.92 Å². The third-order valence-electron chi connectivity index (χ3n) is 8.03. The summed E-state index contributed by atoms with van der Waals surface area (Å²) in [5.41, 5.74) is 1.13. The van der Waals surface area contributed by atoms with Gasteiger partial charge in [-0.05, 0) is 75.8 Å². The van der Waals surface area contributed by atoms with Gasteiger partial charge in [-0.3, -0.25) is 4.79 Å². The van der Waals surface area contributed by atoms with E-state index in [-0.39, 0.29) is 42.2 Å². The fraction of sp³-hybridized carbons (Fsp3) is 0.485. The summed E-state index contributed by atoms with van der Waals surface area (Å²) >= 11 is 0.